The van der Waals surface area contributed by atoms with Crippen molar-refractivity contribution >= 4 is 11.3 Å². The Bertz CT molecular complexity index is 266. The highest BCUT2D eigenvalue weighted by molar-refractivity contribution is 7.09. The van der Waals surface area contributed by atoms with Crippen molar-refractivity contribution in [3.8, 4) is 0 Å². The molecule has 80 valence electrons. The maximum Gasteiger partial charge on any atom is 0.0798 e. The molecule has 2 nitrogen and oxygen atoms in total. The standard InChI is InChI=1S/C11H20N2S/c1-5-9(6-2)10(12-4)11-8(3)13-7-14-11/h7,9-10,12H,5-6H2,1-4H3. The fourth-order valence-corrected chi connectivity index (χ4v) is 2.95. The van der Waals surface area contributed by atoms with Crippen LogP contribution in [0, 0.1) is 12.8 Å². The van der Waals surface area contributed by atoms with Gasteiger partial charge in [0.25, 0.3) is 0 Å². The lowest BCUT2D eigenvalue weighted by Gasteiger charge is -2.24. The number of nitrogens with one attached hydrogen (secondary N) is 1. The predicted molar refractivity (Wildman–Crippen MR) is 62.7 cm³/mol. The van der Waals surface area contributed by atoms with Gasteiger partial charge in [-0.1, -0.05) is 26.7 Å². The van der Waals surface area contributed by atoms with Crippen LogP contribution in [0.2, 0.25) is 0 Å². The summed E-state index contributed by atoms with van der Waals surface area (Å²) in [5, 5.41) is 3.42. The molecule has 1 aromatic rings. The van der Waals surface area contributed by atoms with Crippen LogP contribution in [0.4, 0.5) is 0 Å². The number of aryl methyl sites for hydroxylation is 1. The van der Waals surface area contributed by atoms with Gasteiger partial charge in [-0.3, -0.25) is 0 Å². The molecular weight excluding hydrogens is 192 g/mol. The Labute approximate surface area is 90.8 Å². The summed E-state index contributed by atoms with van der Waals surface area (Å²) in [5.74, 6) is 0.721. The molecule has 0 saturated carbocycles. The first-order chi connectivity index (χ1) is 6.74. The lowest BCUT2D eigenvalue weighted by molar-refractivity contribution is 0.363. The van der Waals surface area contributed by atoms with Crippen LogP contribution in [0.1, 0.15) is 43.3 Å². The zero-order chi connectivity index (χ0) is 10.6. The maximum atomic E-state index is 4.31. The second-order valence-corrected chi connectivity index (χ2v) is 4.53. The average Bonchev–Trinajstić information content (AvgIpc) is 2.61. The highest BCUT2D eigenvalue weighted by Crippen LogP contribution is 2.31. The van der Waals surface area contributed by atoms with Crippen LogP contribution < -0.4 is 5.32 Å². The van der Waals surface area contributed by atoms with E-state index in [0.29, 0.717) is 6.04 Å². The molecule has 1 atom stereocenters. The van der Waals surface area contributed by atoms with E-state index in [4.69, 9.17) is 0 Å². The van der Waals surface area contributed by atoms with Crippen LogP contribution >= 0.6 is 11.3 Å². The molecule has 0 aliphatic rings. The summed E-state index contributed by atoms with van der Waals surface area (Å²) in [4.78, 5) is 5.72. The molecule has 0 aliphatic heterocycles. The molecular formula is C11H20N2S. The molecule has 0 aromatic carbocycles. The summed E-state index contributed by atoms with van der Waals surface area (Å²) in [6.45, 7) is 6.61. The Morgan fingerprint density at radius 2 is 2.07 bits per heavy atom. The number of hydrogen-bond acceptors (Lipinski definition) is 3. The number of hydrogen-bond donors (Lipinski definition) is 1. The van der Waals surface area contributed by atoms with Gasteiger partial charge in [-0.15, -0.1) is 11.3 Å². The van der Waals surface area contributed by atoms with Gasteiger partial charge in [0.1, 0.15) is 0 Å². The maximum absolute atomic E-state index is 4.31. The van der Waals surface area contributed by atoms with Crippen LogP contribution in [-0.4, -0.2) is 12.0 Å². The van der Waals surface area contributed by atoms with Gasteiger partial charge in [-0.05, 0) is 19.9 Å². The summed E-state index contributed by atoms with van der Waals surface area (Å²) in [5.41, 5.74) is 3.12. The molecule has 0 amide bonds. The van der Waals surface area contributed by atoms with Crippen molar-refractivity contribution in [3.63, 3.8) is 0 Å². The van der Waals surface area contributed by atoms with Gasteiger partial charge in [0.2, 0.25) is 0 Å². The predicted octanol–water partition coefficient (Wildman–Crippen LogP) is 3.15. The summed E-state index contributed by atoms with van der Waals surface area (Å²) in [6, 6.07) is 0.484. The molecule has 1 rings (SSSR count). The van der Waals surface area contributed by atoms with E-state index in [0.717, 1.165) is 5.92 Å². The summed E-state index contributed by atoms with van der Waals surface area (Å²) < 4.78 is 0. The van der Waals surface area contributed by atoms with E-state index in [2.05, 4.69) is 31.1 Å². The molecule has 0 radical (unpaired) electrons. The third-order valence-corrected chi connectivity index (χ3v) is 3.91. The van der Waals surface area contributed by atoms with E-state index in [1.54, 1.807) is 11.3 Å². The molecule has 0 spiro atoms. The molecule has 3 heteroatoms. The molecule has 1 heterocycles. The Kier molecular flexibility index (Phi) is 4.55. The van der Waals surface area contributed by atoms with Gasteiger partial charge in [0.15, 0.2) is 0 Å². The van der Waals surface area contributed by atoms with Gasteiger partial charge in [0, 0.05) is 10.9 Å². The van der Waals surface area contributed by atoms with Crippen molar-refractivity contribution in [3.05, 3.63) is 16.1 Å². The summed E-state index contributed by atoms with van der Waals surface area (Å²) >= 11 is 1.77. The lowest BCUT2D eigenvalue weighted by Crippen LogP contribution is -2.24. The molecule has 14 heavy (non-hydrogen) atoms. The van der Waals surface area contributed by atoms with Gasteiger partial charge in [-0.25, -0.2) is 4.98 Å². The fourth-order valence-electron chi connectivity index (χ4n) is 1.95. The molecule has 0 fully saturated rings. The molecule has 0 bridgehead atoms. The largest absolute Gasteiger partial charge is 0.312 e. The zero-order valence-electron chi connectivity index (χ0n) is 9.50. The minimum atomic E-state index is 0.484. The molecule has 1 aromatic heterocycles. The number of aromatic nitrogens is 1. The topological polar surface area (TPSA) is 24.9 Å². The number of rotatable bonds is 5. The van der Waals surface area contributed by atoms with Gasteiger partial charge < -0.3 is 5.32 Å². The highest BCUT2D eigenvalue weighted by atomic mass is 32.1. The Hall–Kier alpha value is -0.410. The average molecular weight is 212 g/mol. The quantitative estimate of drug-likeness (QED) is 0.811. The molecule has 0 aliphatic carbocycles. The van der Waals surface area contributed by atoms with Crippen molar-refractivity contribution in [2.75, 3.05) is 7.05 Å². The van der Waals surface area contributed by atoms with Crippen molar-refractivity contribution in [1.29, 1.82) is 0 Å². The fraction of sp³-hybridized carbons (Fsp3) is 0.727. The first kappa shape index (κ1) is 11.7. The van der Waals surface area contributed by atoms with Crippen molar-refractivity contribution in [1.82, 2.24) is 10.3 Å². The van der Waals surface area contributed by atoms with Crippen LogP contribution in [0.25, 0.3) is 0 Å². The Balaban J connectivity index is 2.86. The summed E-state index contributed by atoms with van der Waals surface area (Å²) in [6.07, 6.45) is 2.44. The second-order valence-electron chi connectivity index (χ2n) is 3.64. The highest BCUT2D eigenvalue weighted by Gasteiger charge is 2.21. The summed E-state index contributed by atoms with van der Waals surface area (Å²) in [7, 11) is 2.04. The van der Waals surface area contributed by atoms with Crippen LogP contribution in [0.3, 0.4) is 0 Å². The number of thiazole rings is 1. The van der Waals surface area contributed by atoms with Crippen molar-refractivity contribution in [2.24, 2.45) is 5.92 Å². The third kappa shape index (κ3) is 2.34. The second kappa shape index (κ2) is 5.47. The van der Waals surface area contributed by atoms with E-state index in [1.165, 1.54) is 23.4 Å². The minimum Gasteiger partial charge on any atom is -0.312 e. The van der Waals surface area contributed by atoms with Gasteiger partial charge in [-0.2, -0.15) is 0 Å². The van der Waals surface area contributed by atoms with Crippen LogP contribution in [-0.2, 0) is 0 Å². The molecule has 1 N–H and O–H groups in total. The lowest BCUT2D eigenvalue weighted by atomic mass is 9.92. The van der Waals surface area contributed by atoms with E-state index in [1.807, 2.05) is 12.6 Å². The van der Waals surface area contributed by atoms with Crippen molar-refractivity contribution in [2.45, 2.75) is 39.7 Å². The van der Waals surface area contributed by atoms with Crippen LogP contribution in [0.15, 0.2) is 5.51 Å². The smallest absolute Gasteiger partial charge is 0.0798 e. The Morgan fingerprint density at radius 3 is 2.43 bits per heavy atom. The SMILES string of the molecule is CCC(CC)C(NC)c1scnc1C. The normalized spacial score (nSPS) is 13.5. The van der Waals surface area contributed by atoms with Crippen molar-refractivity contribution < 1.29 is 0 Å². The number of nitrogens with zero attached hydrogens (tertiary/aromatic N) is 1. The monoisotopic (exact) mass is 212 g/mol. The first-order valence-electron chi connectivity index (χ1n) is 5.31. The third-order valence-electron chi connectivity index (χ3n) is 2.90. The first-order valence-corrected chi connectivity index (χ1v) is 6.19. The van der Waals surface area contributed by atoms with E-state index >= 15 is 0 Å². The van der Waals surface area contributed by atoms with E-state index in [-0.39, 0.29) is 0 Å². The van der Waals surface area contributed by atoms with Crippen LogP contribution in [0.5, 0.6) is 0 Å². The van der Waals surface area contributed by atoms with E-state index < -0.39 is 0 Å². The van der Waals surface area contributed by atoms with Gasteiger partial charge in [0.05, 0.1) is 11.2 Å². The minimum absolute atomic E-state index is 0.484. The van der Waals surface area contributed by atoms with Gasteiger partial charge >= 0.3 is 0 Å². The molecule has 0 saturated heterocycles. The Morgan fingerprint density at radius 1 is 1.43 bits per heavy atom. The molecule has 1 unspecified atom stereocenters. The van der Waals surface area contributed by atoms with E-state index in [9.17, 15) is 0 Å². The zero-order valence-corrected chi connectivity index (χ0v) is 10.3.